The highest BCUT2D eigenvalue weighted by molar-refractivity contribution is 4.83. The van der Waals surface area contributed by atoms with Crippen LogP contribution in [0.1, 0.15) is 46.0 Å². The molecule has 0 saturated carbocycles. The van der Waals surface area contributed by atoms with Crippen molar-refractivity contribution in [2.45, 2.75) is 51.5 Å². The number of aliphatic hydroxyl groups is 1. The van der Waals surface area contributed by atoms with Gasteiger partial charge in [0.25, 0.3) is 0 Å². The largest absolute Gasteiger partial charge is 0.394 e. The smallest absolute Gasteiger partial charge is 0.0610 e. The van der Waals surface area contributed by atoms with Crippen LogP contribution in [0.25, 0.3) is 0 Å². The molecule has 0 aliphatic carbocycles. The first-order valence-electron chi connectivity index (χ1n) is 8.72. The van der Waals surface area contributed by atoms with Crippen LogP contribution < -0.4 is 5.32 Å². The van der Waals surface area contributed by atoms with Crippen molar-refractivity contribution in [2.24, 2.45) is 5.92 Å². The molecular weight excluding hydrogens is 262 g/mol. The lowest BCUT2D eigenvalue weighted by molar-refractivity contribution is 0.138. The topological polar surface area (TPSA) is 38.7 Å². The summed E-state index contributed by atoms with van der Waals surface area (Å²) < 4.78 is 0. The lowest BCUT2D eigenvalue weighted by atomic mass is 9.94. The Morgan fingerprint density at radius 1 is 1.29 bits per heavy atom. The molecule has 1 aliphatic rings. The van der Waals surface area contributed by atoms with E-state index >= 15 is 0 Å². The number of nitrogens with zero attached hydrogens (tertiary/aromatic N) is 2. The number of hydrogen-bond acceptors (Lipinski definition) is 4. The van der Waals surface area contributed by atoms with Gasteiger partial charge < -0.3 is 20.2 Å². The van der Waals surface area contributed by atoms with Crippen molar-refractivity contribution in [3.8, 4) is 0 Å². The number of aliphatic hydroxyl groups excluding tert-OH is 1. The lowest BCUT2D eigenvalue weighted by Crippen LogP contribution is -2.46. The maximum absolute atomic E-state index is 9.59. The molecule has 1 rings (SSSR count). The summed E-state index contributed by atoms with van der Waals surface area (Å²) >= 11 is 0. The van der Waals surface area contributed by atoms with E-state index < -0.39 is 0 Å². The first-order valence-corrected chi connectivity index (χ1v) is 8.72. The summed E-state index contributed by atoms with van der Waals surface area (Å²) in [5, 5.41) is 13.1. The second kappa shape index (κ2) is 9.78. The molecule has 2 N–H and O–H groups in total. The molecule has 1 atom stereocenters. The third-order valence-corrected chi connectivity index (χ3v) is 4.68. The van der Waals surface area contributed by atoms with Crippen LogP contribution in [0.2, 0.25) is 0 Å². The van der Waals surface area contributed by atoms with Crippen LogP contribution >= 0.6 is 0 Å². The summed E-state index contributed by atoms with van der Waals surface area (Å²) in [6.45, 7) is 10.4. The highest BCUT2D eigenvalue weighted by atomic mass is 16.3. The highest BCUT2D eigenvalue weighted by Gasteiger charge is 2.23. The molecule has 0 bridgehead atoms. The van der Waals surface area contributed by atoms with Crippen LogP contribution in [-0.2, 0) is 0 Å². The molecule has 1 heterocycles. The average Bonchev–Trinajstić information content (AvgIpc) is 2.46. The molecule has 0 radical (unpaired) electrons. The molecule has 126 valence electrons. The predicted octanol–water partition coefficient (Wildman–Crippen LogP) is 1.79. The molecular formula is C17H37N3O. The van der Waals surface area contributed by atoms with Crippen molar-refractivity contribution in [2.75, 3.05) is 53.4 Å². The zero-order valence-corrected chi connectivity index (χ0v) is 14.7. The quantitative estimate of drug-likeness (QED) is 0.645. The van der Waals surface area contributed by atoms with E-state index in [1.165, 1.54) is 45.4 Å². The van der Waals surface area contributed by atoms with E-state index in [-0.39, 0.29) is 12.1 Å². The van der Waals surface area contributed by atoms with Crippen molar-refractivity contribution in [3.63, 3.8) is 0 Å². The van der Waals surface area contributed by atoms with E-state index in [0.717, 1.165) is 25.3 Å². The number of hydrogen-bond donors (Lipinski definition) is 2. The van der Waals surface area contributed by atoms with Crippen LogP contribution in [0.15, 0.2) is 0 Å². The first kappa shape index (κ1) is 18.9. The molecule has 0 aromatic rings. The standard InChI is InChI=1S/C17H37N3O/c1-5-10-18-17(2,15-21)9-6-11-20-12-7-16(8-13-20)14-19(3)4/h16,18,21H,5-15H2,1-4H3. The van der Waals surface area contributed by atoms with Crippen molar-refractivity contribution in [3.05, 3.63) is 0 Å². The summed E-state index contributed by atoms with van der Waals surface area (Å²) in [6.07, 6.45) is 6.02. The minimum Gasteiger partial charge on any atom is -0.394 e. The van der Waals surface area contributed by atoms with Gasteiger partial charge in [-0.15, -0.1) is 0 Å². The predicted molar refractivity (Wildman–Crippen MR) is 90.7 cm³/mol. The summed E-state index contributed by atoms with van der Waals surface area (Å²) in [7, 11) is 4.34. The van der Waals surface area contributed by atoms with Gasteiger partial charge in [-0.1, -0.05) is 6.92 Å². The van der Waals surface area contributed by atoms with E-state index in [0.29, 0.717) is 0 Å². The minimum absolute atomic E-state index is 0.0980. The maximum atomic E-state index is 9.59. The Morgan fingerprint density at radius 2 is 1.95 bits per heavy atom. The molecule has 1 saturated heterocycles. The molecule has 0 amide bonds. The van der Waals surface area contributed by atoms with E-state index in [9.17, 15) is 5.11 Å². The van der Waals surface area contributed by atoms with Gasteiger partial charge in [-0.05, 0) is 85.2 Å². The van der Waals surface area contributed by atoms with Gasteiger partial charge in [0.1, 0.15) is 0 Å². The molecule has 4 heteroatoms. The van der Waals surface area contributed by atoms with Gasteiger partial charge in [0.15, 0.2) is 0 Å². The van der Waals surface area contributed by atoms with Crippen LogP contribution in [0.4, 0.5) is 0 Å². The molecule has 0 aromatic carbocycles. The Kier molecular flexibility index (Phi) is 8.79. The monoisotopic (exact) mass is 299 g/mol. The van der Waals surface area contributed by atoms with Crippen molar-refractivity contribution in [1.82, 2.24) is 15.1 Å². The fourth-order valence-corrected chi connectivity index (χ4v) is 3.25. The Labute approximate surface area is 131 Å². The molecule has 1 aliphatic heterocycles. The number of nitrogens with one attached hydrogen (secondary N) is 1. The molecule has 0 spiro atoms. The normalized spacial score (nSPS) is 20.9. The van der Waals surface area contributed by atoms with Gasteiger partial charge in [-0.25, -0.2) is 0 Å². The van der Waals surface area contributed by atoms with Crippen molar-refractivity contribution < 1.29 is 5.11 Å². The number of piperidine rings is 1. The van der Waals surface area contributed by atoms with Crippen LogP contribution in [0.5, 0.6) is 0 Å². The van der Waals surface area contributed by atoms with Crippen LogP contribution in [0.3, 0.4) is 0 Å². The summed E-state index contributed by atoms with van der Waals surface area (Å²) in [4.78, 5) is 4.91. The second-order valence-electron chi connectivity index (χ2n) is 7.30. The van der Waals surface area contributed by atoms with Gasteiger partial charge in [0.2, 0.25) is 0 Å². The lowest BCUT2D eigenvalue weighted by Gasteiger charge is -2.34. The average molecular weight is 300 g/mol. The Bertz CT molecular complexity index is 265. The Hall–Kier alpha value is -0.160. The van der Waals surface area contributed by atoms with Gasteiger partial charge in [0, 0.05) is 12.1 Å². The van der Waals surface area contributed by atoms with Gasteiger partial charge in [0.05, 0.1) is 6.61 Å². The van der Waals surface area contributed by atoms with Crippen LogP contribution in [0, 0.1) is 5.92 Å². The summed E-state index contributed by atoms with van der Waals surface area (Å²) in [6, 6.07) is 0. The van der Waals surface area contributed by atoms with Crippen molar-refractivity contribution in [1.29, 1.82) is 0 Å². The molecule has 1 unspecified atom stereocenters. The zero-order valence-electron chi connectivity index (χ0n) is 14.7. The Balaban J connectivity index is 2.18. The van der Waals surface area contributed by atoms with E-state index in [1.807, 2.05) is 0 Å². The van der Waals surface area contributed by atoms with E-state index in [4.69, 9.17) is 0 Å². The van der Waals surface area contributed by atoms with Gasteiger partial charge >= 0.3 is 0 Å². The second-order valence-corrected chi connectivity index (χ2v) is 7.30. The van der Waals surface area contributed by atoms with Crippen LogP contribution in [-0.4, -0.2) is 73.9 Å². The molecule has 0 aromatic heterocycles. The fraction of sp³-hybridized carbons (Fsp3) is 1.00. The summed E-state index contributed by atoms with van der Waals surface area (Å²) in [5.41, 5.74) is -0.0980. The molecule has 1 fully saturated rings. The van der Waals surface area contributed by atoms with Crippen molar-refractivity contribution >= 4 is 0 Å². The number of rotatable bonds is 10. The minimum atomic E-state index is -0.0980. The maximum Gasteiger partial charge on any atom is 0.0610 e. The summed E-state index contributed by atoms with van der Waals surface area (Å²) in [5.74, 6) is 0.880. The van der Waals surface area contributed by atoms with E-state index in [1.54, 1.807) is 0 Å². The number of likely N-dealkylation sites (tertiary alicyclic amines) is 1. The highest BCUT2D eigenvalue weighted by Crippen LogP contribution is 2.19. The fourth-order valence-electron chi connectivity index (χ4n) is 3.25. The SMILES string of the molecule is CCCNC(C)(CO)CCCN1CCC(CN(C)C)CC1. The third-order valence-electron chi connectivity index (χ3n) is 4.68. The third kappa shape index (κ3) is 7.59. The van der Waals surface area contributed by atoms with Gasteiger partial charge in [-0.2, -0.15) is 0 Å². The molecule has 21 heavy (non-hydrogen) atoms. The molecule has 4 nitrogen and oxygen atoms in total. The first-order chi connectivity index (χ1) is 9.99. The van der Waals surface area contributed by atoms with E-state index in [2.05, 4.69) is 43.1 Å². The Morgan fingerprint density at radius 3 is 2.48 bits per heavy atom. The zero-order chi connectivity index (χ0) is 15.7. The van der Waals surface area contributed by atoms with Gasteiger partial charge in [-0.3, -0.25) is 0 Å².